The van der Waals surface area contributed by atoms with Gasteiger partial charge in [-0.15, -0.1) is 0 Å². The Kier molecular flexibility index (Phi) is 8.90. The average molecular weight is 852 g/mol. The van der Waals surface area contributed by atoms with Gasteiger partial charge in [0, 0.05) is 50.4 Å². The second kappa shape index (κ2) is 14.7. The average Bonchev–Trinajstić information content (AvgIpc) is 3.35. The molecule has 9 aromatic carbocycles. The van der Waals surface area contributed by atoms with Crippen molar-refractivity contribution >= 4 is 51.2 Å². The minimum atomic E-state index is -0.304. The van der Waals surface area contributed by atoms with E-state index in [0.29, 0.717) is 0 Å². The molecule has 320 valence electrons. The summed E-state index contributed by atoms with van der Waals surface area (Å²) in [7, 11) is 0. The van der Waals surface area contributed by atoms with Crippen LogP contribution < -0.4 is 14.7 Å². The van der Waals surface area contributed by atoms with Crippen molar-refractivity contribution in [2.45, 2.75) is 57.8 Å². The van der Waals surface area contributed by atoms with Crippen LogP contribution in [0.1, 0.15) is 74.9 Å². The summed E-state index contributed by atoms with van der Waals surface area (Å²) in [6.45, 7) is 14.7. The molecule has 0 unspecified atom stereocenters. The first-order valence-corrected chi connectivity index (χ1v) is 23.4. The normalized spacial score (nSPS) is 15.2. The van der Waals surface area contributed by atoms with E-state index >= 15 is 0 Å². The quantitative estimate of drug-likeness (QED) is 0.151. The summed E-state index contributed by atoms with van der Waals surface area (Å²) >= 11 is 0. The van der Waals surface area contributed by atoms with E-state index in [0.717, 1.165) is 34.1 Å². The van der Waals surface area contributed by atoms with Crippen LogP contribution in [0.2, 0.25) is 0 Å². The third-order valence-electron chi connectivity index (χ3n) is 14.9. The van der Waals surface area contributed by atoms with Crippen LogP contribution in [0.4, 0.5) is 51.2 Å². The Balaban J connectivity index is 1.01. The highest BCUT2D eigenvalue weighted by Crippen LogP contribution is 2.67. The van der Waals surface area contributed by atoms with Crippen molar-refractivity contribution in [2.24, 2.45) is 0 Å². The van der Waals surface area contributed by atoms with Crippen molar-refractivity contribution in [3.8, 4) is 22.3 Å². The Morgan fingerprint density at radius 2 is 0.515 bits per heavy atom. The van der Waals surface area contributed by atoms with Crippen LogP contribution in [0, 0.1) is 0 Å². The van der Waals surface area contributed by atoms with Gasteiger partial charge in [-0.1, -0.05) is 157 Å². The van der Waals surface area contributed by atoms with E-state index in [2.05, 4.69) is 269 Å². The van der Waals surface area contributed by atoms with Crippen molar-refractivity contribution in [3.63, 3.8) is 0 Å². The molecule has 9 aromatic rings. The van der Waals surface area contributed by atoms with E-state index < -0.39 is 0 Å². The lowest BCUT2D eigenvalue weighted by Crippen LogP contribution is -2.43. The summed E-state index contributed by atoms with van der Waals surface area (Å²) in [5.41, 5.74) is 23.3. The zero-order chi connectivity index (χ0) is 45.0. The Labute approximate surface area is 389 Å². The first-order chi connectivity index (χ1) is 32.0. The number of nitrogens with zero attached hydrogens (tertiary/aromatic N) is 3. The molecule has 0 amide bonds. The molecule has 0 saturated carbocycles. The number of hydrogen-bond donors (Lipinski definition) is 0. The highest BCUT2D eigenvalue weighted by molar-refractivity contribution is 6.00. The molecule has 0 saturated heterocycles. The van der Waals surface area contributed by atoms with E-state index in [1.807, 2.05) is 0 Å². The summed E-state index contributed by atoms with van der Waals surface area (Å²) in [5, 5.41) is 0. The van der Waals surface area contributed by atoms with Crippen LogP contribution in [-0.4, -0.2) is 0 Å². The number of anilines is 9. The fourth-order valence-corrected chi connectivity index (χ4v) is 11.4. The van der Waals surface area contributed by atoms with Crippen LogP contribution in [0.5, 0.6) is 0 Å². The van der Waals surface area contributed by atoms with Crippen LogP contribution in [0.25, 0.3) is 22.3 Å². The summed E-state index contributed by atoms with van der Waals surface area (Å²) in [6.07, 6.45) is 0. The molecule has 0 bridgehead atoms. The van der Waals surface area contributed by atoms with Gasteiger partial charge in [0.1, 0.15) is 0 Å². The SMILES string of the molecule is CC1(C)c2cccc3c2N2c4c1cc(-c1ccc(N(c5ccccc5)c5ccccc5)cc1)cc4C(C)(C)c1cc(-c4ccc(N(c5ccccc5)c5ccccc5)cc4)cc(c12)C3(C)C. The lowest BCUT2D eigenvalue weighted by Gasteiger charge is -2.55. The standard InChI is InChI=1S/C63H53N3/c1-61(2)52-28-19-29-53-58(52)66-59-54(61)38-44(42-30-34-50(35-31-42)64(46-20-11-7-12-21-46)47-22-13-8-14-23-47)40-56(59)63(5,6)57-41-45(39-55(60(57)66)62(53,3)4)43-32-36-51(37-33-43)65(48-24-15-9-16-25-48)49-26-17-10-18-27-49/h7-41H,1-6H3. The molecule has 12 rings (SSSR count). The highest BCUT2D eigenvalue weighted by atomic mass is 15.2. The predicted molar refractivity (Wildman–Crippen MR) is 278 cm³/mol. The molecule has 3 heterocycles. The van der Waals surface area contributed by atoms with Gasteiger partial charge in [-0.3, -0.25) is 0 Å². The maximum Gasteiger partial charge on any atom is 0.0544 e. The van der Waals surface area contributed by atoms with Gasteiger partial charge in [0.2, 0.25) is 0 Å². The maximum atomic E-state index is 2.68. The monoisotopic (exact) mass is 851 g/mol. The van der Waals surface area contributed by atoms with Crippen LogP contribution >= 0.6 is 0 Å². The number of benzene rings is 9. The lowest BCUT2D eigenvalue weighted by molar-refractivity contribution is 0.567. The van der Waals surface area contributed by atoms with Gasteiger partial charge in [0.15, 0.2) is 0 Å². The molecular weight excluding hydrogens is 799 g/mol. The largest absolute Gasteiger partial charge is 0.311 e. The molecule has 3 heteroatoms. The molecule has 3 nitrogen and oxygen atoms in total. The number of rotatable bonds is 8. The van der Waals surface area contributed by atoms with Gasteiger partial charge < -0.3 is 14.7 Å². The molecule has 0 aromatic heterocycles. The van der Waals surface area contributed by atoms with Crippen molar-refractivity contribution in [1.29, 1.82) is 0 Å². The molecule has 0 atom stereocenters. The van der Waals surface area contributed by atoms with Gasteiger partial charge in [-0.25, -0.2) is 0 Å². The molecule has 3 aliphatic heterocycles. The Bertz CT molecular complexity index is 3000. The minimum Gasteiger partial charge on any atom is -0.311 e. The highest BCUT2D eigenvalue weighted by Gasteiger charge is 2.52. The first-order valence-electron chi connectivity index (χ1n) is 23.4. The fraction of sp³-hybridized carbons (Fsp3) is 0.143. The molecule has 0 spiro atoms. The maximum absolute atomic E-state index is 2.68. The summed E-state index contributed by atoms with van der Waals surface area (Å²) in [6, 6.07) is 78.1. The van der Waals surface area contributed by atoms with Gasteiger partial charge in [0.25, 0.3) is 0 Å². The minimum absolute atomic E-state index is 0.227. The van der Waals surface area contributed by atoms with Gasteiger partial charge in [-0.2, -0.15) is 0 Å². The van der Waals surface area contributed by atoms with Crippen molar-refractivity contribution in [1.82, 2.24) is 0 Å². The first kappa shape index (κ1) is 39.9. The van der Waals surface area contributed by atoms with E-state index in [1.165, 1.54) is 72.7 Å². The topological polar surface area (TPSA) is 9.72 Å². The third kappa shape index (κ3) is 5.96. The zero-order valence-electron chi connectivity index (χ0n) is 38.5. The van der Waals surface area contributed by atoms with Gasteiger partial charge in [0.05, 0.1) is 17.1 Å². The van der Waals surface area contributed by atoms with Crippen LogP contribution in [-0.2, 0) is 16.2 Å². The summed E-state index contributed by atoms with van der Waals surface area (Å²) < 4.78 is 0. The van der Waals surface area contributed by atoms with E-state index in [-0.39, 0.29) is 16.2 Å². The molecule has 3 aliphatic rings. The number of hydrogen-bond acceptors (Lipinski definition) is 3. The van der Waals surface area contributed by atoms with Crippen molar-refractivity contribution in [2.75, 3.05) is 14.7 Å². The Morgan fingerprint density at radius 3 is 0.818 bits per heavy atom. The summed E-state index contributed by atoms with van der Waals surface area (Å²) in [5.74, 6) is 0. The van der Waals surface area contributed by atoms with E-state index in [4.69, 9.17) is 0 Å². The van der Waals surface area contributed by atoms with Crippen LogP contribution in [0.3, 0.4) is 0 Å². The molecule has 0 N–H and O–H groups in total. The molecule has 66 heavy (non-hydrogen) atoms. The zero-order valence-corrected chi connectivity index (χ0v) is 38.5. The van der Waals surface area contributed by atoms with Gasteiger partial charge in [-0.05, 0) is 153 Å². The van der Waals surface area contributed by atoms with E-state index in [9.17, 15) is 0 Å². The van der Waals surface area contributed by atoms with Crippen LogP contribution in [0.15, 0.2) is 212 Å². The second-order valence-electron chi connectivity index (χ2n) is 19.9. The summed E-state index contributed by atoms with van der Waals surface area (Å²) in [4.78, 5) is 7.35. The lowest BCUT2D eigenvalue weighted by atomic mass is 9.60. The molecule has 0 fully saturated rings. The Morgan fingerprint density at radius 1 is 0.258 bits per heavy atom. The molecule has 0 radical (unpaired) electrons. The number of para-hydroxylation sites is 5. The van der Waals surface area contributed by atoms with E-state index in [1.54, 1.807) is 0 Å². The third-order valence-corrected chi connectivity index (χ3v) is 14.9. The Hall–Kier alpha value is -7.62. The second-order valence-corrected chi connectivity index (χ2v) is 19.9. The van der Waals surface area contributed by atoms with Crippen molar-refractivity contribution in [3.05, 3.63) is 246 Å². The molecule has 0 aliphatic carbocycles. The molecular formula is C63H53N3. The fourth-order valence-electron chi connectivity index (χ4n) is 11.4. The van der Waals surface area contributed by atoms with Gasteiger partial charge >= 0.3 is 0 Å². The predicted octanol–water partition coefficient (Wildman–Crippen LogP) is 17.3. The smallest absolute Gasteiger partial charge is 0.0544 e. The van der Waals surface area contributed by atoms with Crippen molar-refractivity contribution < 1.29 is 0 Å².